The molecule has 0 aliphatic carbocycles. The molecule has 1 atom stereocenters. The van der Waals surface area contributed by atoms with Crippen LogP contribution >= 0.6 is 0 Å². The number of piperidine rings is 1. The fourth-order valence-electron chi connectivity index (χ4n) is 4.50. The van der Waals surface area contributed by atoms with E-state index in [0.29, 0.717) is 5.92 Å². The summed E-state index contributed by atoms with van der Waals surface area (Å²) in [6.07, 6.45) is 11.9. The van der Waals surface area contributed by atoms with Crippen LogP contribution in [0.2, 0.25) is 0 Å². The lowest BCUT2D eigenvalue weighted by atomic mass is 9.85. The maximum absolute atomic E-state index is 4.31. The summed E-state index contributed by atoms with van der Waals surface area (Å²) in [4.78, 5) is 6.96. The van der Waals surface area contributed by atoms with E-state index < -0.39 is 0 Å². The van der Waals surface area contributed by atoms with Gasteiger partial charge in [-0.2, -0.15) is 0 Å². The van der Waals surface area contributed by atoms with Crippen molar-refractivity contribution >= 4 is 0 Å². The van der Waals surface area contributed by atoms with Crippen molar-refractivity contribution in [1.29, 1.82) is 0 Å². The maximum atomic E-state index is 4.31. The molecule has 0 spiro atoms. The second-order valence-electron chi connectivity index (χ2n) is 7.86. The molecule has 2 aliphatic heterocycles. The van der Waals surface area contributed by atoms with Crippen LogP contribution in [0.15, 0.2) is 42.7 Å². The van der Waals surface area contributed by atoms with Crippen molar-refractivity contribution in [2.45, 2.75) is 51.0 Å². The van der Waals surface area contributed by atoms with E-state index in [1.54, 1.807) is 0 Å². The van der Waals surface area contributed by atoms with E-state index in [0.717, 1.165) is 13.1 Å². The lowest BCUT2D eigenvalue weighted by Crippen LogP contribution is -2.30. The number of benzene rings is 1. The third-order valence-corrected chi connectivity index (χ3v) is 5.97. The second-order valence-corrected chi connectivity index (χ2v) is 7.86. The molecule has 3 heterocycles. The summed E-state index contributed by atoms with van der Waals surface area (Å²) in [5, 5.41) is 3.59. The van der Waals surface area contributed by atoms with Gasteiger partial charge in [0.05, 0.1) is 0 Å². The Bertz CT molecular complexity index is 692. The first-order chi connectivity index (χ1) is 12.9. The van der Waals surface area contributed by atoms with Gasteiger partial charge in [-0.05, 0) is 80.1 Å². The summed E-state index contributed by atoms with van der Waals surface area (Å²) in [5.41, 5.74) is 5.76. The van der Waals surface area contributed by atoms with Crippen molar-refractivity contribution in [2.24, 2.45) is 0 Å². The molecule has 1 N–H and O–H groups in total. The molecule has 1 unspecified atom stereocenters. The van der Waals surface area contributed by atoms with Gasteiger partial charge in [0.1, 0.15) is 0 Å². The SMILES string of the molecule is c1cncc(C2CNCc3cc(CCCCN4CCCCC4)ccc32)c1. The van der Waals surface area contributed by atoms with Gasteiger partial charge in [0.15, 0.2) is 0 Å². The molecule has 3 heteroatoms. The third-order valence-electron chi connectivity index (χ3n) is 5.97. The lowest BCUT2D eigenvalue weighted by Gasteiger charge is -2.27. The number of nitrogens with one attached hydrogen (secondary N) is 1. The molecule has 3 nitrogen and oxygen atoms in total. The van der Waals surface area contributed by atoms with Gasteiger partial charge in [0.2, 0.25) is 0 Å². The van der Waals surface area contributed by atoms with Crippen LogP contribution in [0.3, 0.4) is 0 Å². The molecule has 0 radical (unpaired) electrons. The quantitative estimate of drug-likeness (QED) is 0.795. The maximum Gasteiger partial charge on any atom is 0.0306 e. The minimum Gasteiger partial charge on any atom is -0.312 e. The van der Waals surface area contributed by atoms with Crippen LogP contribution in [0.5, 0.6) is 0 Å². The van der Waals surface area contributed by atoms with Crippen LogP contribution in [0.25, 0.3) is 0 Å². The number of pyridine rings is 1. The van der Waals surface area contributed by atoms with Gasteiger partial charge < -0.3 is 10.2 Å². The average molecular weight is 350 g/mol. The van der Waals surface area contributed by atoms with E-state index in [2.05, 4.69) is 39.5 Å². The van der Waals surface area contributed by atoms with Crippen molar-refractivity contribution in [3.05, 3.63) is 65.0 Å². The third kappa shape index (κ3) is 4.33. The molecule has 2 aromatic rings. The van der Waals surface area contributed by atoms with Crippen molar-refractivity contribution in [3.63, 3.8) is 0 Å². The monoisotopic (exact) mass is 349 g/mol. The Morgan fingerprint density at radius 3 is 2.85 bits per heavy atom. The molecule has 4 rings (SSSR count). The van der Waals surface area contributed by atoms with Crippen molar-refractivity contribution in [3.8, 4) is 0 Å². The first-order valence-electron chi connectivity index (χ1n) is 10.3. The Balaban J connectivity index is 1.34. The number of fused-ring (bicyclic) bond motifs is 1. The van der Waals surface area contributed by atoms with Gasteiger partial charge in [0, 0.05) is 31.4 Å². The van der Waals surface area contributed by atoms with Crippen molar-refractivity contribution in [1.82, 2.24) is 15.2 Å². The largest absolute Gasteiger partial charge is 0.312 e. The summed E-state index contributed by atoms with van der Waals surface area (Å²) in [7, 11) is 0. The molecule has 0 amide bonds. The fraction of sp³-hybridized carbons (Fsp3) is 0.522. The zero-order chi connectivity index (χ0) is 17.6. The van der Waals surface area contributed by atoms with E-state index in [1.165, 1.54) is 80.4 Å². The summed E-state index contributed by atoms with van der Waals surface area (Å²) < 4.78 is 0. The first-order valence-corrected chi connectivity index (χ1v) is 10.3. The van der Waals surface area contributed by atoms with E-state index in [-0.39, 0.29) is 0 Å². The number of unbranched alkanes of at least 4 members (excludes halogenated alkanes) is 1. The Labute approximate surface area is 157 Å². The topological polar surface area (TPSA) is 28.2 Å². The van der Waals surface area contributed by atoms with E-state index in [4.69, 9.17) is 0 Å². The molecule has 1 aromatic heterocycles. The number of hydrogen-bond acceptors (Lipinski definition) is 3. The van der Waals surface area contributed by atoms with Crippen LogP contribution in [-0.4, -0.2) is 36.1 Å². The van der Waals surface area contributed by atoms with Gasteiger partial charge in [0.25, 0.3) is 0 Å². The van der Waals surface area contributed by atoms with Crippen LogP contribution in [0, 0.1) is 0 Å². The minimum absolute atomic E-state index is 0.431. The zero-order valence-corrected chi connectivity index (χ0v) is 15.8. The number of likely N-dealkylation sites (tertiary alicyclic amines) is 1. The van der Waals surface area contributed by atoms with Gasteiger partial charge in [-0.1, -0.05) is 30.7 Å². The summed E-state index contributed by atoms with van der Waals surface area (Å²) >= 11 is 0. The number of aromatic nitrogens is 1. The van der Waals surface area contributed by atoms with E-state index in [1.807, 2.05) is 18.5 Å². The standard InChI is InChI=1S/C23H31N3/c1-3-12-26(13-4-1)14-5-2-7-19-9-10-22-21(15-19)17-25-18-23(22)20-8-6-11-24-16-20/h6,8-11,15-16,23,25H,1-5,7,12-14,17-18H2. The van der Waals surface area contributed by atoms with Crippen LogP contribution < -0.4 is 5.32 Å². The summed E-state index contributed by atoms with van der Waals surface area (Å²) in [6, 6.07) is 11.4. The Morgan fingerprint density at radius 1 is 1.08 bits per heavy atom. The minimum atomic E-state index is 0.431. The fourth-order valence-corrected chi connectivity index (χ4v) is 4.50. The first kappa shape index (κ1) is 17.7. The van der Waals surface area contributed by atoms with Crippen LogP contribution in [0.4, 0.5) is 0 Å². The van der Waals surface area contributed by atoms with E-state index in [9.17, 15) is 0 Å². The molecule has 2 aliphatic rings. The molecule has 1 aromatic carbocycles. The summed E-state index contributed by atoms with van der Waals surface area (Å²) in [5.74, 6) is 0.431. The Hall–Kier alpha value is -1.71. The van der Waals surface area contributed by atoms with Crippen LogP contribution in [0.1, 0.15) is 60.3 Å². The highest BCUT2D eigenvalue weighted by Crippen LogP contribution is 2.30. The van der Waals surface area contributed by atoms with Gasteiger partial charge in [-0.25, -0.2) is 0 Å². The Kier molecular flexibility index (Phi) is 5.98. The number of nitrogens with zero attached hydrogens (tertiary/aromatic N) is 2. The predicted octanol–water partition coefficient (Wildman–Crippen LogP) is 4.13. The average Bonchev–Trinajstić information content (AvgIpc) is 2.72. The lowest BCUT2D eigenvalue weighted by molar-refractivity contribution is 0.225. The molecule has 0 bridgehead atoms. The van der Waals surface area contributed by atoms with Crippen LogP contribution in [-0.2, 0) is 13.0 Å². The molecule has 0 saturated carbocycles. The van der Waals surface area contributed by atoms with Crippen molar-refractivity contribution in [2.75, 3.05) is 26.2 Å². The predicted molar refractivity (Wildman–Crippen MR) is 107 cm³/mol. The number of aryl methyl sites for hydroxylation is 1. The molecule has 26 heavy (non-hydrogen) atoms. The molecule has 1 fully saturated rings. The highest BCUT2D eigenvalue weighted by molar-refractivity contribution is 5.41. The molecular weight excluding hydrogens is 318 g/mol. The zero-order valence-electron chi connectivity index (χ0n) is 15.8. The Morgan fingerprint density at radius 2 is 2.00 bits per heavy atom. The van der Waals surface area contributed by atoms with Crippen molar-refractivity contribution < 1.29 is 0 Å². The van der Waals surface area contributed by atoms with Gasteiger partial charge >= 0.3 is 0 Å². The normalized spacial score (nSPS) is 20.7. The second kappa shape index (κ2) is 8.79. The highest BCUT2D eigenvalue weighted by Gasteiger charge is 2.21. The summed E-state index contributed by atoms with van der Waals surface area (Å²) in [6.45, 7) is 5.93. The smallest absolute Gasteiger partial charge is 0.0306 e. The van der Waals surface area contributed by atoms with Gasteiger partial charge in [-0.15, -0.1) is 0 Å². The number of hydrogen-bond donors (Lipinski definition) is 1. The number of rotatable bonds is 6. The molecule has 138 valence electrons. The molecule has 1 saturated heterocycles. The molecular formula is C23H31N3. The van der Waals surface area contributed by atoms with Gasteiger partial charge in [-0.3, -0.25) is 4.98 Å². The highest BCUT2D eigenvalue weighted by atomic mass is 15.1. The van der Waals surface area contributed by atoms with E-state index >= 15 is 0 Å².